The van der Waals surface area contributed by atoms with Crippen LogP contribution >= 0.6 is 11.6 Å². The molecule has 1 nitrogen and oxygen atoms in total. The number of rotatable bonds is 5. The first-order valence-corrected chi connectivity index (χ1v) is 7.25. The summed E-state index contributed by atoms with van der Waals surface area (Å²) in [6.07, 6.45) is 1.10. The van der Waals surface area contributed by atoms with Crippen molar-refractivity contribution < 1.29 is 4.39 Å². The van der Waals surface area contributed by atoms with Gasteiger partial charge in [0.25, 0.3) is 0 Å². The lowest BCUT2D eigenvalue weighted by Gasteiger charge is -2.10. The Morgan fingerprint density at radius 3 is 2.65 bits per heavy atom. The molecule has 0 aliphatic carbocycles. The normalized spacial score (nSPS) is 10.8. The third-order valence-corrected chi connectivity index (χ3v) is 3.66. The lowest BCUT2D eigenvalue weighted by molar-refractivity contribution is 0.628. The van der Waals surface area contributed by atoms with Crippen molar-refractivity contribution in [3.8, 4) is 11.1 Å². The second-order valence-electron chi connectivity index (χ2n) is 4.94. The van der Waals surface area contributed by atoms with E-state index in [4.69, 9.17) is 11.6 Å². The Balaban J connectivity index is 2.26. The van der Waals surface area contributed by atoms with Crippen molar-refractivity contribution in [1.29, 1.82) is 0 Å². The summed E-state index contributed by atoms with van der Waals surface area (Å²) in [7, 11) is 0. The molecule has 0 aromatic heterocycles. The molecule has 0 saturated heterocycles. The Labute approximate surface area is 124 Å². The molecule has 3 heteroatoms. The van der Waals surface area contributed by atoms with Crippen LogP contribution in [0.1, 0.15) is 24.5 Å². The fraction of sp³-hybridized carbons (Fsp3) is 0.294. The molecule has 0 amide bonds. The third-order valence-electron chi connectivity index (χ3n) is 3.31. The summed E-state index contributed by atoms with van der Waals surface area (Å²) in [5.41, 5.74) is 3.95. The smallest absolute Gasteiger partial charge is 0.123 e. The SMILES string of the molecule is CCCNCc1ccc(-c2cc(F)ccc2C)cc1Cl. The number of hydrogen-bond acceptors (Lipinski definition) is 1. The number of halogens is 2. The van der Waals surface area contributed by atoms with Crippen molar-refractivity contribution >= 4 is 11.6 Å². The first-order valence-electron chi connectivity index (χ1n) is 6.87. The fourth-order valence-electron chi connectivity index (χ4n) is 2.16. The maximum Gasteiger partial charge on any atom is 0.123 e. The van der Waals surface area contributed by atoms with Gasteiger partial charge in [0.05, 0.1) is 0 Å². The molecule has 0 atom stereocenters. The third kappa shape index (κ3) is 3.59. The zero-order chi connectivity index (χ0) is 14.5. The van der Waals surface area contributed by atoms with E-state index >= 15 is 0 Å². The Hall–Kier alpha value is -1.38. The molecule has 0 aliphatic rings. The van der Waals surface area contributed by atoms with E-state index in [0.717, 1.165) is 46.8 Å². The van der Waals surface area contributed by atoms with E-state index in [0.29, 0.717) is 0 Å². The lowest BCUT2D eigenvalue weighted by Crippen LogP contribution is -2.13. The fourth-order valence-corrected chi connectivity index (χ4v) is 2.41. The van der Waals surface area contributed by atoms with E-state index in [1.54, 1.807) is 12.1 Å². The number of benzene rings is 2. The molecule has 0 unspecified atom stereocenters. The average Bonchev–Trinajstić information content (AvgIpc) is 2.43. The number of aryl methyl sites for hydroxylation is 1. The van der Waals surface area contributed by atoms with Crippen molar-refractivity contribution in [2.45, 2.75) is 26.8 Å². The summed E-state index contributed by atoms with van der Waals surface area (Å²) in [6.45, 7) is 5.83. The Morgan fingerprint density at radius 1 is 1.15 bits per heavy atom. The van der Waals surface area contributed by atoms with Gasteiger partial charge < -0.3 is 5.32 Å². The van der Waals surface area contributed by atoms with Gasteiger partial charge >= 0.3 is 0 Å². The van der Waals surface area contributed by atoms with E-state index < -0.39 is 0 Å². The predicted octanol–water partition coefficient (Wildman–Crippen LogP) is 4.95. The molecule has 2 aromatic rings. The number of hydrogen-bond donors (Lipinski definition) is 1. The molecule has 2 rings (SSSR count). The molecular weight excluding hydrogens is 273 g/mol. The highest BCUT2D eigenvalue weighted by Crippen LogP contribution is 2.28. The molecule has 20 heavy (non-hydrogen) atoms. The Morgan fingerprint density at radius 2 is 1.95 bits per heavy atom. The zero-order valence-corrected chi connectivity index (χ0v) is 12.6. The van der Waals surface area contributed by atoms with Crippen molar-refractivity contribution in [3.05, 3.63) is 58.4 Å². The minimum atomic E-state index is -0.226. The molecule has 0 fully saturated rings. The van der Waals surface area contributed by atoms with Gasteiger partial charge in [0.2, 0.25) is 0 Å². The molecule has 106 valence electrons. The van der Waals surface area contributed by atoms with Crippen LogP contribution in [0, 0.1) is 12.7 Å². The standard InChI is InChI=1S/C17H19ClFN/c1-3-8-20-11-14-6-5-13(9-17(14)18)16-10-15(19)7-4-12(16)2/h4-7,9-10,20H,3,8,11H2,1-2H3. The molecule has 0 saturated carbocycles. The predicted molar refractivity (Wildman–Crippen MR) is 83.6 cm³/mol. The molecule has 0 radical (unpaired) electrons. The first kappa shape index (κ1) is 15.0. The lowest BCUT2D eigenvalue weighted by atomic mass is 9.99. The van der Waals surface area contributed by atoms with Crippen LogP contribution in [0.4, 0.5) is 4.39 Å². The van der Waals surface area contributed by atoms with Crippen LogP contribution < -0.4 is 5.32 Å². The summed E-state index contributed by atoms with van der Waals surface area (Å²) in [5.74, 6) is -0.226. The van der Waals surface area contributed by atoms with Crippen molar-refractivity contribution in [3.63, 3.8) is 0 Å². The van der Waals surface area contributed by atoms with Gasteiger partial charge in [-0.1, -0.05) is 36.7 Å². The summed E-state index contributed by atoms with van der Waals surface area (Å²) in [6, 6.07) is 10.7. The van der Waals surface area contributed by atoms with Crippen molar-refractivity contribution in [1.82, 2.24) is 5.32 Å². The maximum atomic E-state index is 13.4. The molecule has 0 spiro atoms. The Kier molecular flexibility index (Phi) is 5.16. The van der Waals surface area contributed by atoms with E-state index in [1.807, 2.05) is 25.1 Å². The van der Waals surface area contributed by atoms with Gasteiger partial charge in [-0.3, -0.25) is 0 Å². The second-order valence-corrected chi connectivity index (χ2v) is 5.35. The van der Waals surface area contributed by atoms with E-state index in [1.165, 1.54) is 6.07 Å². The molecular formula is C17H19ClFN. The average molecular weight is 292 g/mol. The van der Waals surface area contributed by atoms with Crippen molar-refractivity contribution in [2.75, 3.05) is 6.54 Å². The topological polar surface area (TPSA) is 12.0 Å². The summed E-state index contributed by atoms with van der Waals surface area (Å²) in [5, 5.41) is 4.04. The van der Waals surface area contributed by atoms with Gasteiger partial charge in [0.15, 0.2) is 0 Å². The van der Waals surface area contributed by atoms with Crippen LogP contribution in [0.2, 0.25) is 5.02 Å². The second kappa shape index (κ2) is 6.87. The highest BCUT2D eigenvalue weighted by Gasteiger charge is 2.07. The maximum absolute atomic E-state index is 13.4. The van der Waals surface area contributed by atoms with E-state index in [-0.39, 0.29) is 5.82 Å². The summed E-state index contributed by atoms with van der Waals surface area (Å²) in [4.78, 5) is 0. The van der Waals surface area contributed by atoms with Crippen LogP contribution in [-0.4, -0.2) is 6.54 Å². The minimum Gasteiger partial charge on any atom is -0.313 e. The van der Waals surface area contributed by atoms with E-state index in [9.17, 15) is 4.39 Å². The van der Waals surface area contributed by atoms with Crippen LogP contribution in [0.5, 0.6) is 0 Å². The highest BCUT2D eigenvalue weighted by molar-refractivity contribution is 6.31. The molecule has 2 aromatic carbocycles. The minimum absolute atomic E-state index is 0.226. The summed E-state index contributed by atoms with van der Waals surface area (Å²) >= 11 is 6.32. The van der Waals surface area contributed by atoms with Gasteiger partial charge in [-0.25, -0.2) is 4.39 Å². The van der Waals surface area contributed by atoms with Gasteiger partial charge in [-0.05, 0) is 60.3 Å². The zero-order valence-electron chi connectivity index (χ0n) is 11.8. The van der Waals surface area contributed by atoms with Gasteiger partial charge in [-0.2, -0.15) is 0 Å². The highest BCUT2D eigenvalue weighted by atomic mass is 35.5. The van der Waals surface area contributed by atoms with Gasteiger partial charge in [0, 0.05) is 11.6 Å². The quantitative estimate of drug-likeness (QED) is 0.768. The van der Waals surface area contributed by atoms with Crippen LogP contribution in [-0.2, 0) is 6.54 Å². The van der Waals surface area contributed by atoms with Crippen LogP contribution in [0.3, 0.4) is 0 Å². The largest absolute Gasteiger partial charge is 0.313 e. The number of nitrogens with one attached hydrogen (secondary N) is 1. The molecule has 0 aliphatic heterocycles. The van der Waals surface area contributed by atoms with Gasteiger partial charge in [0.1, 0.15) is 5.82 Å². The summed E-state index contributed by atoms with van der Waals surface area (Å²) < 4.78 is 13.4. The monoisotopic (exact) mass is 291 g/mol. The molecule has 0 heterocycles. The Bertz CT molecular complexity index is 596. The van der Waals surface area contributed by atoms with Crippen LogP contribution in [0.25, 0.3) is 11.1 Å². The molecule has 0 bridgehead atoms. The molecule has 1 N–H and O–H groups in total. The van der Waals surface area contributed by atoms with E-state index in [2.05, 4.69) is 12.2 Å². The van der Waals surface area contributed by atoms with Gasteiger partial charge in [-0.15, -0.1) is 0 Å². The van der Waals surface area contributed by atoms with Crippen LogP contribution in [0.15, 0.2) is 36.4 Å². The first-order chi connectivity index (χ1) is 9.61. The van der Waals surface area contributed by atoms with Crippen molar-refractivity contribution in [2.24, 2.45) is 0 Å².